The number of fused-ring (bicyclic) bond motifs is 2. The van der Waals surface area contributed by atoms with Crippen LogP contribution in [0.1, 0.15) is 105 Å². The summed E-state index contributed by atoms with van der Waals surface area (Å²) in [5, 5.41) is 36.7. The smallest absolute Gasteiger partial charge is 0.316 e. The van der Waals surface area contributed by atoms with Gasteiger partial charge in [0.1, 0.15) is 35.5 Å². The SMILES string of the molecule is CO[C@H]1C[C@H](O[C@H]2/C(C)=C/C[C@@H]3C[C@@H](C[C@]4(CC[C@H](C)[C@@H](C5CCCCC5)O4)O3)OC(=O)[C@@H]3C=C(C)/C(=N\O)[C@H]4OC/C(=C\C=C\[C@@H]2C)[C@]43O)O[C@@H](C)[C@@H]1O. The van der Waals surface area contributed by atoms with Gasteiger partial charge in [0.25, 0.3) is 0 Å². The van der Waals surface area contributed by atoms with Crippen molar-refractivity contribution in [3.8, 4) is 0 Å². The van der Waals surface area contributed by atoms with Gasteiger partial charge < -0.3 is 48.6 Å². The van der Waals surface area contributed by atoms with Gasteiger partial charge in [-0.05, 0) is 75.0 Å². The lowest BCUT2D eigenvalue weighted by atomic mass is 9.71. The van der Waals surface area contributed by atoms with Crippen molar-refractivity contribution in [2.75, 3.05) is 13.7 Å². The molecule has 0 unspecified atom stereocenters. The molecule has 12 nitrogen and oxygen atoms in total. The molecule has 5 fully saturated rings. The minimum absolute atomic E-state index is 0.0359. The Morgan fingerprint density at radius 1 is 1.02 bits per heavy atom. The van der Waals surface area contributed by atoms with Gasteiger partial charge in [-0.25, -0.2) is 0 Å². The van der Waals surface area contributed by atoms with E-state index in [1.165, 1.54) is 19.3 Å². The second-order valence-electron chi connectivity index (χ2n) is 17.4. The first kappa shape index (κ1) is 40.8. The third-order valence-electron chi connectivity index (χ3n) is 13.6. The number of hydrogen-bond acceptors (Lipinski definition) is 12. The molecule has 306 valence electrons. The van der Waals surface area contributed by atoms with E-state index in [0.717, 1.165) is 24.8 Å². The van der Waals surface area contributed by atoms with E-state index in [2.05, 4.69) is 32.0 Å². The maximum atomic E-state index is 14.4. The van der Waals surface area contributed by atoms with Crippen molar-refractivity contribution in [3.63, 3.8) is 0 Å². The summed E-state index contributed by atoms with van der Waals surface area (Å²) in [5.41, 5.74) is 0.362. The van der Waals surface area contributed by atoms with Crippen molar-refractivity contribution in [3.05, 3.63) is 47.1 Å². The van der Waals surface area contributed by atoms with Gasteiger partial charge in [0.2, 0.25) is 0 Å². The molecule has 0 radical (unpaired) electrons. The molecule has 55 heavy (non-hydrogen) atoms. The minimum Gasteiger partial charge on any atom is -0.462 e. The van der Waals surface area contributed by atoms with E-state index in [1.54, 1.807) is 26.2 Å². The van der Waals surface area contributed by atoms with E-state index >= 15 is 0 Å². The zero-order chi connectivity index (χ0) is 39.1. The molecule has 2 aliphatic carbocycles. The summed E-state index contributed by atoms with van der Waals surface area (Å²) in [4.78, 5) is 14.4. The molecule has 0 aromatic carbocycles. The number of esters is 1. The van der Waals surface area contributed by atoms with Gasteiger partial charge in [0, 0.05) is 38.7 Å². The molecule has 2 bridgehead atoms. The van der Waals surface area contributed by atoms with Crippen LogP contribution in [0.25, 0.3) is 0 Å². The van der Waals surface area contributed by atoms with Crippen LogP contribution in [0.2, 0.25) is 0 Å². The van der Waals surface area contributed by atoms with Gasteiger partial charge >= 0.3 is 5.97 Å². The summed E-state index contributed by atoms with van der Waals surface area (Å²) < 4.78 is 45.1. The number of ether oxygens (including phenoxy) is 7. The molecule has 0 amide bonds. The molecule has 1 spiro atoms. The average Bonchev–Trinajstić information content (AvgIpc) is 3.50. The lowest BCUT2D eigenvalue weighted by Crippen LogP contribution is -2.57. The summed E-state index contributed by atoms with van der Waals surface area (Å²) in [6.07, 6.45) is 14.4. The number of carbonyl (C=O) groups is 1. The normalized spacial score (nSPS) is 47.9. The predicted molar refractivity (Wildman–Crippen MR) is 203 cm³/mol. The van der Waals surface area contributed by atoms with Crippen LogP contribution in [0.5, 0.6) is 0 Å². The summed E-state index contributed by atoms with van der Waals surface area (Å²) in [5.74, 6) is -1.83. The quantitative estimate of drug-likeness (QED) is 0.132. The molecule has 7 aliphatic rings. The molecule has 4 saturated heterocycles. The Kier molecular flexibility index (Phi) is 12.5. The van der Waals surface area contributed by atoms with Gasteiger partial charge in [-0.1, -0.05) is 68.6 Å². The fraction of sp³-hybridized carbons (Fsp3) is 0.767. The molecule has 5 heterocycles. The Morgan fingerprint density at radius 2 is 1.80 bits per heavy atom. The zero-order valence-electron chi connectivity index (χ0n) is 33.4. The molecule has 0 aromatic heterocycles. The van der Waals surface area contributed by atoms with Gasteiger partial charge in [0.15, 0.2) is 12.1 Å². The third-order valence-corrected chi connectivity index (χ3v) is 13.6. The summed E-state index contributed by atoms with van der Waals surface area (Å²) in [7, 11) is 1.59. The van der Waals surface area contributed by atoms with Crippen molar-refractivity contribution in [2.45, 2.75) is 172 Å². The number of oxime groups is 1. The highest BCUT2D eigenvalue weighted by Crippen LogP contribution is 2.48. The fourth-order valence-electron chi connectivity index (χ4n) is 10.4. The van der Waals surface area contributed by atoms with Gasteiger partial charge in [-0.15, -0.1) is 0 Å². The highest BCUT2D eigenvalue weighted by molar-refractivity contribution is 6.06. The van der Waals surface area contributed by atoms with Crippen LogP contribution in [0, 0.1) is 23.7 Å². The van der Waals surface area contributed by atoms with Crippen molar-refractivity contribution < 1.29 is 53.4 Å². The van der Waals surface area contributed by atoms with Crippen molar-refractivity contribution in [1.82, 2.24) is 0 Å². The number of hydrogen-bond donors (Lipinski definition) is 3. The summed E-state index contributed by atoms with van der Waals surface area (Å²) in [6, 6.07) is 0. The van der Waals surface area contributed by atoms with Crippen LogP contribution in [0.3, 0.4) is 0 Å². The minimum atomic E-state index is -1.83. The Labute approximate surface area is 325 Å². The first-order valence-corrected chi connectivity index (χ1v) is 20.7. The molecule has 0 aromatic rings. The zero-order valence-corrected chi connectivity index (χ0v) is 33.4. The van der Waals surface area contributed by atoms with Crippen LogP contribution >= 0.6 is 0 Å². The standard InChI is InChI=1S/C43H63NO11/c1-24-11-10-14-30-23-50-40-36(44-48)27(4)19-33(43(30,40)47)41(46)52-32-20-31(16-15-25(2)38(24)53-35-21-34(49-6)37(45)28(5)51-35)54-42(22-32)18-17-26(3)39(55-42)29-12-8-7-9-13-29/h10-11,14-15,19,24,26,28-29,31-35,37-40,45,47-48H,7-9,12-13,16-18,20-23H2,1-6H3/b11-10+,25-15+,30-14+,44-36+/t24-,26-,28-,31+,32-,33-,34-,35-,37-,38+,39-,40+,42+,43+/m0/s1. The van der Waals surface area contributed by atoms with E-state index in [1.807, 2.05) is 19.1 Å². The van der Waals surface area contributed by atoms with E-state index in [9.17, 15) is 20.2 Å². The van der Waals surface area contributed by atoms with Gasteiger partial charge in [-0.2, -0.15) is 0 Å². The molecule has 5 aliphatic heterocycles. The number of aliphatic hydroxyl groups is 2. The second-order valence-corrected chi connectivity index (χ2v) is 17.4. The number of nitrogens with zero attached hydrogens (tertiary/aromatic N) is 1. The van der Waals surface area contributed by atoms with Crippen molar-refractivity contribution in [1.29, 1.82) is 0 Å². The Balaban J connectivity index is 1.25. The maximum Gasteiger partial charge on any atom is 0.316 e. The molecule has 7 rings (SSSR count). The molecular weight excluding hydrogens is 706 g/mol. The van der Waals surface area contributed by atoms with Crippen LogP contribution in [-0.2, 0) is 38.0 Å². The Morgan fingerprint density at radius 3 is 2.55 bits per heavy atom. The van der Waals surface area contributed by atoms with E-state index in [0.29, 0.717) is 55.1 Å². The van der Waals surface area contributed by atoms with Crippen LogP contribution in [-0.4, -0.2) is 107 Å². The third kappa shape index (κ3) is 8.17. The van der Waals surface area contributed by atoms with E-state index < -0.39 is 66.2 Å². The Bertz CT molecular complexity index is 1550. The highest BCUT2D eigenvalue weighted by atomic mass is 16.7. The molecule has 1 saturated carbocycles. The largest absolute Gasteiger partial charge is 0.462 e. The van der Waals surface area contributed by atoms with Crippen molar-refractivity contribution in [2.24, 2.45) is 28.8 Å². The van der Waals surface area contributed by atoms with Crippen LogP contribution in [0.4, 0.5) is 0 Å². The van der Waals surface area contributed by atoms with Crippen molar-refractivity contribution >= 4 is 11.7 Å². The fourth-order valence-corrected chi connectivity index (χ4v) is 10.4. The lowest BCUT2D eigenvalue weighted by Gasteiger charge is -2.51. The summed E-state index contributed by atoms with van der Waals surface area (Å²) >= 11 is 0. The first-order chi connectivity index (χ1) is 26.4. The maximum absolute atomic E-state index is 14.4. The molecule has 14 atom stereocenters. The number of rotatable bonds is 4. The first-order valence-electron chi connectivity index (χ1n) is 20.7. The molecular formula is C43H63NO11. The molecule has 3 N–H and O–H groups in total. The average molecular weight is 770 g/mol. The van der Waals surface area contributed by atoms with Crippen LogP contribution in [0.15, 0.2) is 52.3 Å². The van der Waals surface area contributed by atoms with Gasteiger partial charge in [-0.3, -0.25) is 4.79 Å². The van der Waals surface area contributed by atoms with E-state index in [4.69, 9.17) is 33.2 Å². The van der Waals surface area contributed by atoms with E-state index in [-0.39, 0.29) is 30.4 Å². The summed E-state index contributed by atoms with van der Waals surface area (Å²) in [6.45, 7) is 10.0. The topological polar surface area (TPSA) is 155 Å². The highest BCUT2D eigenvalue weighted by Gasteiger charge is 2.60. The second kappa shape index (κ2) is 16.8. The number of aliphatic hydroxyl groups excluding tert-OH is 1. The monoisotopic (exact) mass is 769 g/mol. The lowest BCUT2D eigenvalue weighted by molar-refractivity contribution is -0.342. The predicted octanol–water partition coefficient (Wildman–Crippen LogP) is 6.07. The molecule has 12 heteroatoms. The number of allylic oxidation sites excluding steroid dienone is 2. The Hall–Kier alpha value is -2.42. The van der Waals surface area contributed by atoms with Gasteiger partial charge in [0.05, 0.1) is 37.1 Å². The number of carbonyl (C=O) groups excluding carboxylic acids is 1. The number of methoxy groups -OCH3 is 1. The van der Waals surface area contributed by atoms with Crippen LogP contribution < -0.4 is 0 Å².